The molecule has 1 aliphatic rings. The lowest BCUT2D eigenvalue weighted by molar-refractivity contribution is -0.143. The molecule has 1 unspecified atom stereocenters. The Morgan fingerprint density at radius 2 is 2.07 bits per heavy atom. The van der Waals surface area contributed by atoms with Crippen molar-refractivity contribution in [3.8, 4) is 5.69 Å². The first-order valence-electron chi connectivity index (χ1n) is 7.76. The molecule has 1 atom stereocenters. The Labute approximate surface area is 150 Å². The normalized spacial score (nSPS) is 17.5. The number of benzene rings is 1. The van der Waals surface area contributed by atoms with E-state index in [4.69, 9.17) is 14.6 Å². The van der Waals surface area contributed by atoms with Gasteiger partial charge in [-0.3, -0.25) is 4.79 Å². The van der Waals surface area contributed by atoms with Crippen LogP contribution in [0.4, 0.5) is 18.9 Å². The molecule has 1 saturated heterocycles. The van der Waals surface area contributed by atoms with Crippen molar-refractivity contribution < 1.29 is 37.3 Å². The number of carbonyl (C=O) groups is 2. The first-order chi connectivity index (χ1) is 12.8. The van der Waals surface area contributed by atoms with E-state index in [0.29, 0.717) is 17.5 Å². The highest BCUT2D eigenvalue weighted by molar-refractivity contribution is 5.94. The summed E-state index contributed by atoms with van der Waals surface area (Å²) in [4.78, 5) is 23.2. The van der Waals surface area contributed by atoms with Crippen LogP contribution in [0.15, 0.2) is 30.5 Å². The van der Waals surface area contributed by atoms with Crippen LogP contribution in [0.1, 0.15) is 16.1 Å². The molecular weight excluding hydrogens is 371 g/mol. The number of carbonyl (C=O) groups excluding carboxylic acids is 1. The van der Waals surface area contributed by atoms with E-state index in [9.17, 15) is 22.8 Å². The minimum absolute atomic E-state index is 0.0616. The Bertz CT molecular complexity index is 859. The second-order valence-electron chi connectivity index (χ2n) is 5.60. The fourth-order valence-corrected chi connectivity index (χ4v) is 2.55. The molecule has 2 aromatic rings. The Balaban J connectivity index is 1.90. The van der Waals surface area contributed by atoms with Gasteiger partial charge in [0, 0.05) is 5.69 Å². The number of carboxylic acid groups (broad SMARTS) is 1. The molecule has 0 radical (unpaired) electrons. The summed E-state index contributed by atoms with van der Waals surface area (Å²) in [5.41, 5.74) is -2.24. The molecule has 2 heterocycles. The summed E-state index contributed by atoms with van der Waals surface area (Å²) in [6.07, 6.45) is -5.13. The molecule has 11 heteroatoms. The van der Waals surface area contributed by atoms with E-state index in [-0.39, 0.29) is 24.6 Å². The van der Waals surface area contributed by atoms with E-state index < -0.39 is 35.4 Å². The van der Waals surface area contributed by atoms with Crippen molar-refractivity contribution in [2.45, 2.75) is 12.3 Å². The van der Waals surface area contributed by atoms with E-state index in [2.05, 4.69) is 10.4 Å². The third-order valence-electron chi connectivity index (χ3n) is 3.73. The first-order valence-corrected chi connectivity index (χ1v) is 7.76. The number of aromatic nitrogens is 2. The molecule has 1 aromatic carbocycles. The van der Waals surface area contributed by atoms with Crippen LogP contribution in [0.5, 0.6) is 0 Å². The van der Waals surface area contributed by atoms with Crippen molar-refractivity contribution in [2.24, 2.45) is 0 Å². The molecule has 1 amide bonds. The van der Waals surface area contributed by atoms with Crippen molar-refractivity contribution in [1.29, 1.82) is 0 Å². The smallest absolute Gasteiger partial charge is 0.434 e. The number of nitrogens with zero attached hydrogens (tertiary/aromatic N) is 2. The zero-order valence-electron chi connectivity index (χ0n) is 13.7. The van der Waals surface area contributed by atoms with Crippen LogP contribution in [0.25, 0.3) is 5.69 Å². The Morgan fingerprint density at radius 1 is 1.30 bits per heavy atom. The molecule has 3 rings (SSSR count). The van der Waals surface area contributed by atoms with Crippen LogP contribution in [-0.2, 0) is 20.4 Å². The van der Waals surface area contributed by atoms with Gasteiger partial charge in [0.25, 0.3) is 5.91 Å². The number of ether oxygens (including phenoxy) is 2. The minimum atomic E-state index is -4.93. The van der Waals surface area contributed by atoms with Crippen LogP contribution in [-0.4, -0.2) is 52.7 Å². The maximum absolute atomic E-state index is 13.3. The third-order valence-corrected chi connectivity index (χ3v) is 3.73. The van der Waals surface area contributed by atoms with Crippen molar-refractivity contribution in [3.05, 3.63) is 41.7 Å². The molecule has 0 saturated carbocycles. The predicted octanol–water partition coefficient (Wildman–Crippen LogP) is 1.94. The highest BCUT2D eigenvalue weighted by Crippen LogP contribution is 2.34. The van der Waals surface area contributed by atoms with Gasteiger partial charge in [0.1, 0.15) is 5.56 Å². The van der Waals surface area contributed by atoms with Gasteiger partial charge in [0.05, 0.1) is 31.7 Å². The van der Waals surface area contributed by atoms with Gasteiger partial charge >= 0.3 is 12.1 Å². The highest BCUT2D eigenvalue weighted by Gasteiger charge is 2.40. The molecule has 1 aliphatic heterocycles. The van der Waals surface area contributed by atoms with Crippen LogP contribution >= 0.6 is 0 Å². The van der Waals surface area contributed by atoms with Gasteiger partial charge in [0.15, 0.2) is 11.8 Å². The largest absolute Gasteiger partial charge is 0.478 e. The number of rotatable bonds is 4. The summed E-state index contributed by atoms with van der Waals surface area (Å²) in [6, 6.07) is 5.44. The van der Waals surface area contributed by atoms with E-state index in [0.717, 1.165) is 0 Å². The van der Waals surface area contributed by atoms with E-state index in [1.807, 2.05) is 0 Å². The zero-order chi connectivity index (χ0) is 19.6. The maximum atomic E-state index is 13.3. The number of nitrogens with one attached hydrogen (secondary N) is 1. The van der Waals surface area contributed by atoms with E-state index in [1.54, 1.807) is 0 Å². The summed E-state index contributed by atoms with van der Waals surface area (Å²) in [5.74, 6) is -2.25. The molecule has 144 valence electrons. The second kappa shape index (κ2) is 7.37. The van der Waals surface area contributed by atoms with Crippen LogP contribution in [0.3, 0.4) is 0 Å². The summed E-state index contributed by atoms with van der Waals surface area (Å²) < 4.78 is 50.8. The number of carboxylic acids is 1. The second-order valence-corrected chi connectivity index (χ2v) is 5.60. The number of amides is 1. The molecule has 8 nitrogen and oxygen atoms in total. The fraction of sp³-hybridized carbons (Fsp3) is 0.312. The van der Waals surface area contributed by atoms with Crippen LogP contribution in [0.2, 0.25) is 0 Å². The number of halogens is 3. The molecule has 0 aliphatic carbocycles. The van der Waals surface area contributed by atoms with Gasteiger partial charge < -0.3 is 19.9 Å². The van der Waals surface area contributed by atoms with Gasteiger partial charge in [-0.2, -0.15) is 18.3 Å². The van der Waals surface area contributed by atoms with Gasteiger partial charge in [-0.05, 0) is 18.2 Å². The Kier molecular flexibility index (Phi) is 5.15. The zero-order valence-corrected chi connectivity index (χ0v) is 13.7. The topological polar surface area (TPSA) is 103 Å². The quantitative estimate of drug-likeness (QED) is 0.834. The summed E-state index contributed by atoms with van der Waals surface area (Å²) >= 11 is 0. The van der Waals surface area contributed by atoms with E-state index in [1.165, 1.54) is 24.3 Å². The Morgan fingerprint density at radius 3 is 2.70 bits per heavy atom. The number of alkyl halides is 3. The standard InChI is InChI=1S/C16H14F3N3O5/c17-16(18,19)13-11(15(24)25)7-20-22(13)10-3-1-2-9(6-10)21-14(23)12-8-26-4-5-27-12/h1-3,6-7,12H,4-5,8H2,(H,21,23)(H,24,25). The maximum Gasteiger partial charge on any atom is 0.434 e. The molecular formula is C16H14F3N3O5. The molecule has 0 spiro atoms. The molecule has 1 fully saturated rings. The van der Waals surface area contributed by atoms with Gasteiger partial charge in [0.2, 0.25) is 0 Å². The number of hydrogen-bond acceptors (Lipinski definition) is 5. The van der Waals surface area contributed by atoms with Gasteiger partial charge in [-0.15, -0.1) is 0 Å². The number of hydrogen-bond donors (Lipinski definition) is 2. The van der Waals surface area contributed by atoms with Crippen LogP contribution in [0, 0.1) is 0 Å². The first kappa shape index (κ1) is 18.9. The van der Waals surface area contributed by atoms with Crippen molar-refractivity contribution in [1.82, 2.24) is 9.78 Å². The lowest BCUT2D eigenvalue weighted by Gasteiger charge is -2.22. The summed E-state index contributed by atoms with van der Waals surface area (Å²) in [6.45, 7) is 0.716. The molecule has 2 N–H and O–H groups in total. The van der Waals surface area contributed by atoms with Crippen molar-refractivity contribution in [2.75, 3.05) is 25.1 Å². The summed E-state index contributed by atoms with van der Waals surface area (Å²) in [5, 5.41) is 15.0. The third kappa shape index (κ3) is 4.09. The van der Waals surface area contributed by atoms with Crippen molar-refractivity contribution >= 4 is 17.6 Å². The predicted molar refractivity (Wildman–Crippen MR) is 84.7 cm³/mol. The lowest BCUT2D eigenvalue weighted by Crippen LogP contribution is -2.39. The summed E-state index contributed by atoms with van der Waals surface area (Å²) in [7, 11) is 0. The molecule has 27 heavy (non-hydrogen) atoms. The van der Waals surface area contributed by atoms with Gasteiger partial charge in [-0.25, -0.2) is 9.48 Å². The number of aromatic carboxylic acids is 1. The number of anilines is 1. The average molecular weight is 385 g/mol. The average Bonchev–Trinajstić information content (AvgIpc) is 3.08. The van der Waals surface area contributed by atoms with Crippen molar-refractivity contribution in [3.63, 3.8) is 0 Å². The van der Waals surface area contributed by atoms with E-state index >= 15 is 0 Å². The monoisotopic (exact) mass is 385 g/mol. The SMILES string of the molecule is O=C(O)c1cnn(-c2cccc(NC(=O)C3COCCO3)c2)c1C(F)(F)F. The fourth-order valence-electron chi connectivity index (χ4n) is 2.55. The lowest BCUT2D eigenvalue weighted by atomic mass is 10.2. The highest BCUT2D eigenvalue weighted by atomic mass is 19.4. The van der Waals surface area contributed by atoms with Crippen LogP contribution < -0.4 is 5.32 Å². The minimum Gasteiger partial charge on any atom is -0.478 e. The Hall–Kier alpha value is -2.92. The van der Waals surface area contributed by atoms with Gasteiger partial charge in [-0.1, -0.05) is 6.07 Å². The molecule has 0 bridgehead atoms. The molecule has 1 aromatic heterocycles.